The third-order valence-electron chi connectivity index (χ3n) is 6.82. The summed E-state index contributed by atoms with van der Waals surface area (Å²) in [4.78, 5) is 0. The van der Waals surface area contributed by atoms with Crippen molar-refractivity contribution in [1.82, 2.24) is 0 Å². The zero-order valence-electron chi connectivity index (χ0n) is 20.1. The lowest BCUT2D eigenvalue weighted by atomic mass is 9.74. The van der Waals surface area contributed by atoms with Gasteiger partial charge in [0.25, 0.3) is 0 Å². The number of halogens is 13. The fraction of sp³-hybridized carbons (Fsp3) is 0.750. The molecule has 14 heteroatoms. The van der Waals surface area contributed by atoms with Crippen molar-refractivity contribution in [3.8, 4) is 5.75 Å². The number of unbranched alkanes of at least 4 members (excludes halogenated alkanes) is 3. The van der Waals surface area contributed by atoms with E-state index in [9.17, 15) is 57.1 Å². The highest BCUT2D eigenvalue weighted by atomic mass is 19.4. The standard InChI is InChI=1S/C24H27F13O/c1-2-3-4-5-14-38-18-12-8-16(9-13-18)15-6-10-17(11-7-15)19(25,26)20(27,28)21(29,30)22(31,32)23(33,34)24(35,36)37/h8-9,12-13,15,17H,2-7,10-11,14H2,1H3/t15-,17-. The van der Waals surface area contributed by atoms with Gasteiger partial charge >= 0.3 is 35.8 Å². The number of benzene rings is 1. The molecule has 0 radical (unpaired) electrons. The Morgan fingerprint density at radius 3 is 1.61 bits per heavy atom. The van der Waals surface area contributed by atoms with Crippen LogP contribution in [0, 0.1) is 5.92 Å². The van der Waals surface area contributed by atoms with Crippen molar-refractivity contribution in [2.75, 3.05) is 6.61 Å². The number of hydrogen-bond donors (Lipinski definition) is 0. The van der Waals surface area contributed by atoms with E-state index in [1.54, 1.807) is 24.3 Å². The predicted octanol–water partition coefficient (Wildman–Crippen LogP) is 9.66. The minimum Gasteiger partial charge on any atom is -0.494 e. The third kappa shape index (κ3) is 5.83. The summed E-state index contributed by atoms with van der Waals surface area (Å²) in [6.07, 6.45) is -5.81. The van der Waals surface area contributed by atoms with Crippen molar-refractivity contribution < 1.29 is 61.8 Å². The van der Waals surface area contributed by atoms with E-state index >= 15 is 0 Å². The maximum absolute atomic E-state index is 14.5. The molecule has 1 aliphatic carbocycles. The number of ether oxygens (including phenoxy) is 1. The predicted molar refractivity (Wildman–Crippen MR) is 112 cm³/mol. The van der Waals surface area contributed by atoms with Gasteiger partial charge in [0, 0.05) is 5.92 Å². The summed E-state index contributed by atoms with van der Waals surface area (Å²) in [5.41, 5.74) is 0.582. The van der Waals surface area contributed by atoms with E-state index in [4.69, 9.17) is 4.74 Å². The molecule has 0 heterocycles. The average Bonchev–Trinajstić information content (AvgIpc) is 2.83. The van der Waals surface area contributed by atoms with E-state index in [0.29, 0.717) is 17.9 Å². The third-order valence-corrected chi connectivity index (χ3v) is 6.82. The lowest BCUT2D eigenvalue weighted by Crippen LogP contribution is -2.71. The Kier molecular flexibility index (Phi) is 9.62. The van der Waals surface area contributed by atoms with Gasteiger partial charge in [-0.05, 0) is 55.7 Å². The molecule has 1 aromatic rings. The molecule has 220 valence electrons. The summed E-state index contributed by atoms with van der Waals surface area (Å²) in [5, 5.41) is 0. The molecule has 0 spiro atoms. The van der Waals surface area contributed by atoms with Crippen LogP contribution < -0.4 is 4.74 Å². The molecule has 1 fully saturated rings. The fourth-order valence-electron chi connectivity index (χ4n) is 4.38. The molecular formula is C24H27F13O. The van der Waals surface area contributed by atoms with Crippen LogP contribution in [-0.4, -0.2) is 42.4 Å². The zero-order valence-corrected chi connectivity index (χ0v) is 20.1. The summed E-state index contributed by atoms with van der Waals surface area (Å²) in [6, 6.07) is 6.36. The van der Waals surface area contributed by atoms with Crippen LogP contribution in [0.15, 0.2) is 24.3 Å². The van der Waals surface area contributed by atoms with Crippen molar-refractivity contribution in [3.05, 3.63) is 29.8 Å². The normalized spacial score (nSPS) is 20.5. The molecule has 0 unspecified atom stereocenters. The first-order valence-corrected chi connectivity index (χ1v) is 11.9. The number of alkyl halides is 13. The van der Waals surface area contributed by atoms with Crippen LogP contribution in [0.1, 0.15) is 69.8 Å². The van der Waals surface area contributed by atoms with Crippen molar-refractivity contribution in [1.29, 1.82) is 0 Å². The lowest BCUT2D eigenvalue weighted by molar-refractivity contribution is -0.443. The topological polar surface area (TPSA) is 9.23 Å². The fourth-order valence-corrected chi connectivity index (χ4v) is 4.38. The highest BCUT2D eigenvalue weighted by Crippen LogP contribution is 2.62. The largest absolute Gasteiger partial charge is 0.494 e. The second kappa shape index (κ2) is 11.3. The Bertz CT molecular complexity index is 886. The van der Waals surface area contributed by atoms with Gasteiger partial charge in [-0.25, -0.2) is 0 Å². The molecule has 0 atom stereocenters. The molecule has 1 nitrogen and oxygen atoms in total. The van der Waals surface area contributed by atoms with Crippen LogP contribution >= 0.6 is 0 Å². The molecule has 1 aliphatic rings. The molecule has 0 N–H and O–H groups in total. The quantitative estimate of drug-likeness (QED) is 0.177. The van der Waals surface area contributed by atoms with Crippen LogP contribution in [0.2, 0.25) is 0 Å². The average molecular weight is 578 g/mol. The summed E-state index contributed by atoms with van der Waals surface area (Å²) < 4.78 is 180. The van der Waals surface area contributed by atoms with Crippen LogP contribution in [0.5, 0.6) is 5.75 Å². The van der Waals surface area contributed by atoms with Crippen LogP contribution in [0.3, 0.4) is 0 Å². The van der Waals surface area contributed by atoms with Gasteiger partial charge in [0.05, 0.1) is 6.61 Å². The first kappa shape index (κ1) is 32.3. The minimum absolute atomic E-state index is 0.270. The molecule has 1 saturated carbocycles. The van der Waals surface area contributed by atoms with Crippen LogP contribution in [0.25, 0.3) is 0 Å². The van der Waals surface area contributed by atoms with Gasteiger partial charge in [0.1, 0.15) is 5.75 Å². The molecule has 0 aliphatic heterocycles. The van der Waals surface area contributed by atoms with Gasteiger partial charge in [0.15, 0.2) is 0 Å². The zero-order chi connectivity index (χ0) is 29.2. The minimum atomic E-state index is -7.86. The Hall–Kier alpha value is -1.89. The van der Waals surface area contributed by atoms with Crippen molar-refractivity contribution in [2.24, 2.45) is 5.92 Å². The Morgan fingerprint density at radius 1 is 0.632 bits per heavy atom. The maximum atomic E-state index is 14.5. The van der Waals surface area contributed by atoms with Crippen LogP contribution in [0.4, 0.5) is 57.1 Å². The summed E-state index contributed by atoms with van der Waals surface area (Å²) in [6.45, 7) is 2.51. The first-order chi connectivity index (χ1) is 17.3. The molecule has 2 rings (SSSR count). The Balaban J connectivity index is 2.10. The van der Waals surface area contributed by atoms with Crippen molar-refractivity contribution >= 4 is 0 Å². The lowest BCUT2D eigenvalue weighted by Gasteiger charge is -2.43. The molecule has 0 bridgehead atoms. The van der Waals surface area contributed by atoms with E-state index in [1.165, 1.54) is 0 Å². The molecule has 0 aromatic heterocycles. The Morgan fingerprint density at radius 2 is 1.13 bits per heavy atom. The van der Waals surface area contributed by atoms with E-state index in [1.807, 2.05) is 6.92 Å². The molecular weight excluding hydrogens is 551 g/mol. The second-order valence-electron chi connectivity index (χ2n) is 9.45. The van der Waals surface area contributed by atoms with E-state index in [-0.39, 0.29) is 12.8 Å². The molecule has 1 aromatic carbocycles. The molecule has 38 heavy (non-hydrogen) atoms. The Labute approximate surface area is 210 Å². The van der Waals surface area contributed by atoms with E-state index in [0.717, 1.165) is 25.7 Å². The summed E-state index contributed by atoms with van der Waals surface area (Å²) in [5.74, 6) is -39.2. The van der Waals surface area contributed by atoms with Crippen molar-refractivity contribution in [2.45, 2.75) is 100.0 Å². The van der Waals surface area contributed by atoms with Gasteiger partial charge in [0.2, 0.25) is 0 Å². The number of rotatable bonds is 12. The number of hydrogen-bond acceptors (Lipinski definition) is 1. The van der Waals surface area contributed by atoms with Crippen LogP contribution in [-0.2, 0) is 0 Å². The highest BCUT2D eigenvalue weighted by molar-refractivity contribution is 5.30. The van der Waals surface area contributed by atoms with Gasteiger partial charge in [-0.15, -0.1) is 0 Å². The van der Waals surface area contributed by atoms with E-state index < -0.39 is 60.5 Å². The smallest absolute Gasteiger partial charge is 0.460 e. The summed E-state index contributed by atoms with van der Waals surface area (Å²) in [7, 11) is 0. The highest BCUT2D eigenvalue weighted by Gasteiger charge is 2.91. The SMILES string of the molecule is CCCCCCOc1ccc([C@H]2CC[C@H](C(F)(F)C(F)(F)C(F)(F)C(F)(F)C(F)(F)C(F)(F)F)CC2)cc1. The van der Waals surface area contributed by atoms with Gasteiger partial charge in [-0.3, -0.25) is 0 Å². The molecule has 0 amide bonds. The van der Waals surface area contributed by atoms with Gasteiger partial charge in [-0.1, -0.05) is 38.3 Å². The first-order valence-electron chi connectivity index (χ1n) is 11.9. The van der Waals surface area contributed by atoms with Gasteiger partial charge in [-0.2, -0.15) is 57.1 Å². The monoisotopic (exact) mass is 578 g/mol. The van der Waals surface area contributed by atoms with Crippen molar-refractivity contribution in [3.63, 3.8) is 0 Å². The van der Waals surface area contributed by atoms with E-state index in [2.05, 4.69) is 0 Å². The summed E-state index contributed by atoms with van der Waals surface area (Å²) >= 11 is 0. The second-order valence-corrected chi connectivity index (χ2v) is 9.45. The maximum Gasteiger partial charge on any atom is 0.460 e. The molecule has 0 saturated heterocycles. The van der Waals surface area contributed by atoms with Gasteiger partial charge < -0.3 is 4.74 Å².